The first-order chi connectivity index (χ1) is 9.51. The molecule has 1 unspecified atom stereocenters. The number of rotatable bonds is 9. The maximum absolute atomic E-state index is 11.3. The minimum atomic E-state index is -0.956. The summed E-state index contributed by atoms with van der Waals surface area (Å²) in [6.45, 7) is 4.70. The molecule has 0 aliphatic carbocycles. The van der Waals surface area contributed by atoms with Crippen LogP contribution in [0.25, 0.3) is 0 Å². The fourth-order valence-electron chi connectivity index (χ4n) is 1.72. The Morgan fingerprint density at radius 1 is 1.30 bits per heavy atom. The van der Waals surface area contributed by atoms with Crippen LogP contribution in [-0.4, -0.2) is 36.9 Å². The van der Waals surface area contributed by atoms with Gasteiger partial charge in [0.05, 0.1) is 13.7 Å². The van der Waals surface area contributed by atoms with E-state index in [-0.39, 0.29) is 0 Å². The van der Waals surface area contributed by atoms with Crippen LogP contribution in [0.15, 0.2) is 24.3 Å². The topological polar surface area (TPSA) is 67.8 Å². The van der Waals surface area contributed by atoms with Gasteiger partial charge in [-0.2, -0.15) is 0 Å². The predicted molar refractivity (Wildman–Crippen MR) is 77.4 cm³/mol. The summed E-state index contributed by atoms with van der Waals surface area (Å²) in [5.41, 5.74) is -0.956. The van der Waals surface area contributed by atoms with Crippen molar-refractivity contribution in [1.29, 1.82) is 0 Å². The Morgan fingerprint density at radius 3 is 2.40 bits per heavy atom. The van der Waals surface area contributed by atoms with Gasteiger partial charge in [0.15, 0.2) is 0 Å². The maximum atomic E-state index is 11.3. The van der Waals surface area contributed by atoms with Gasteiger partial charge in [0.2, 0.25) is 0 Å². The molecular weight excluding hydrogens is 258 g/mol. The zero-order valence-corrected chi connectivity index (χ0v) is 12.3. The third-order valence-corrected chi connectivity index (χ3v) is 3.17. The van der Waals surface area contributed by atoms with E-state index in [1.54, 1.807) is 38.3 Å². The van der Waals surface area contributed by atoms with Crippen LogP contribution in [0.4, 0.5) is 0 Å². The van der Waals surface area contributed by atoms with E-state index in [0.717, 1.165) is 12.2 Å². The molecule has 0 radical (unpaired) electrons. The maximum Gasteiger partial charge on any atom is 0.323 e. The predicted octanol–water partition coefficient (Wildman–Crippen LogP) is 2.31. The van der Waals surface area contributed by atoms with Crippen molar-refractivity contribution in [3.8, 4) is 11.5 Å². The molecule has 0 saturated heterocycles. The molecule has 0 fully saturated rings. The van der Waals surface area contributed by atoms with Gasteiger partial charge in [0.25, 0.3) is 0 Å². The second-order valence-electron chi connectivity index (χ2n) is 4.84. The Kier molecular flexibility index (Phi) is 6.31. The average molecular weight is 281 g/mol. The molecule has 0 aliphatic rings. The Labute approximate surface area is 119 Å². The van der Waals surface area contributed by atoms with Crippen molar-refractivity contribution in [2.45, 2.75) is 32.2 Å². The Bertz CT molecular complexity index is 418. The first-order valence-electron chi connectivity index (χ1n) is 6.77. The number of carbonyl (C=O) groups is 1. The minimum absolute atomic E-state index is 0.339. The minimum Gasteiger partial charge on any atom is -0.497 e. The normalized spacial score (nSPS) is 13.6. The molecule has 112 valence electrons. The standard InChI is InChI=1S/C15H23NO4/c1-4-10-16-15(2,14(17)18)9-11-20-13-7-5-12(19-3)6-8-13/h5-8,16H,4,9-11H2,1-3H3,(H,17,18). The van der Waals surface area contributed by atoms with Crippen molar-refractivity contribution in [3.63, 3.8) is 0 Å². The van der Waals surface area contributed by atoms with E-state index in [9.17, 15) is 9.90 Å². The molecule has 0 bridgehead atoms. The van der Waals surface area contributed by atoms with Crippen LogP contribution in [0.1, 0.15) is 26.7 Å². The van der Waals surface area contributed by atoms with Gasteiger partial charge in [-0.1, -0.05) is 6.92 Å². The molecule has 5 nitrogen and oxygen atoms in total. The quantitative estimate of drug-likeness (QED) is 0.727. The van der Waals surface area contributed by atoms with Crippen molar-refractivity contribution < 1.29 is 19.4 Å². The average Bonchev–Trinajstić information content (AvgIpc) is 2.45. The number of carboxylic acid groups (broad SMARTS) is 1. The number of methoxy groups -OCH3 is 1. The van der Waals surface area contributed by atoms with Gasteiger partial charge in [0.1, 0.15) is 17.0 Å². The number of hydrogen-bond acceptors (Lipinski definition) is 4. The number of carboxylic acids is 1. The van der Waals surface area contributed by atoms with Crippen LogP contribution in [0.5, 0.6) is 11.5 Å². The van der Waals surface area contributed by atoms with Crippen LogP contribution < -0.4 is 14.8 Å². The van der Waals surface area contributed by atoms with Crippen LogP contribution >= 0.6 is 0 Å². The zero-order valence-electron chi connectivity index (χ0n) is 12.3. The van der Waals surface area contributed by atoms with E-state index >= 15 is 0 Å². The molecule has 0 heterocycles. The molecule has 0 saturated carbocycles. The molecule has 20 heavy (non-hydrogen) atoms. The van der Waals surface area contributed by atoms with Crippen LogP contribution in [0.3, 0.4) is 0 Å². The summed E-state index contributed by atoms with van der Waals surface area (Å²) in [5.74, 6) is 0.607. The number of hydrogen-bond donors (Lipinski definition) is 2. The van der Waals surface area contributed by atoms with E-state index in [1.807, 2.05) is 6.92 Å². The summed E-state index contributed by atoms with van der Waals surface area (Å²) in [6, 6.07) is 7.22. The first kappa shape index (κ1) is 16.3. The number of nitrogens with one attached hydrogen (secondary N) is 1. The highest BCUT2D eigenvalue weighted by atomic mass is 16.5. The molecule has 1 atom stereocenters. The lowest BCUT2D eigenvalue weighted by Crippen LogP contribution is -2.50. The van der Waals surface area contributed by atoms with Crippen LogP contribution in [0, 0.1) is 0 Å². The van der Waals surface area contributed by atoms with Gasteiger partial charge in [-0.3, -0.25) is 4.79 Å². The van der Waals surface area contributed by atoms with Crippen molar-refractivity contribution in [2.24, 2.45) is 0 Å². The van der Waals surface area contributed by atoms with E-state index in [1.165, 1.54) is 0 Å². The molecule has 5 heteroatoms. The summed E-state index contributed by atoms with van der Waals surface area (Å²) >= 11 is 0. The lowest BCUT2D eigenvalue weighted by Gasteiger charge is -2.26. The third kappa shape index (κ3) is 4.74. The zero-order chi connectivity index (χ0) is 15.0. The summed E-state index contributed by atoms with van der Waals surface area (Å²) in [5, 5.41) is 12.3. The molecular formula is C15H23NO4. The third-order valence-electron chi connectivity index (χ3n) is 3.17. The Morgan fingerprint density at radius 2 is 1.90 bits per heavy atom. The Balaban J connectivity index is 2.49. The first-order valence-corrected chi connectivity index (χ1v) is 6.77. The SMILES string of the molecule is CCCNC(C)(CCOc1ccc(OC)cc1)C(=O)O. The lowest BCUT2D eigenvalue weighted by molar-refractivity contribution is -0.144. The van der Waals surface area contributed by atoms with Gasteiger partial charge in [-0.25, -0.2) is 0 Å². The number of benzene rings is 1. The highest BCUT2D eigenvalue weighted by molar-refractivity contribution is 5.78. The van der Waals surface area contributed by atoms with Gasteiger partial charge in [0, 0.05) is 6.42 Å². The summed E-state index contributed by atoms with van der Waals surface area (Å²) < 4.78 is 10.6. The summed E-state index contributed by atoms with van der Waals surface area (Å²) in [6.07, 6.45) is 1.29. The fourth-order valence-corrected chi connectivity index (χ4v) is 1.72. The highest BCUT2D eigenvalue weighted by Crippen LogP contribution is 2.18. The summed E-state index contributed by atoms with van der Waals surface area (Å²) in [7, 11) is 1.60. The number of ether oxygens (including phenoxy) is 2. The molecule has 0 amide bonds. The second kappa shape index (κ2) is 7.75. The molecule has 1 aromatic carbocycles. The fraction of sp³-hybridized carbons (Fsp3) is 0.533. The molecule has 0 aromatic heterocycles. The molecule has 1 aromatic rings. The van der Waals surface area contributed by atoms with Crippen molar-refractivity contribution in [1.82, 2.24) is 5.32 Å². The van der Waals surface area contributed by atoms with Crippen molar-refractivity contribution >= 4 is 5.97 Å². The lowest BCUT2D eigenvalue weighted by atomic mass is 9.98. The van der Waals surface area contributed by atoms with Crippen LogP contribution in [-0.2, 0) is 4.79 Å². The van der Waals surface area contributed by atoms with E-state index < -0.39 is 11.5 Å². The molecule has 0 aliphatic heterocycles. The highest BCUT2D eigenvalue weighted by Gasteiger charge is 2.31. The molecule has 1 rings (SSSR count). The van der Waals surface area contributed by atoms with E-state index in [2.05, 4.69) is 5.32 Å². The largest absolute Gasteiger partial charge is 0.497 e. The van der Waals surface area contributed by atoms with Gasteiger partial charge >= 0.3 is 5.97 Å². The molecule has 2 N–H and O–H groups in total. The summed E-state index contributed by atoms with van der Waals surface area (Å²) in [4.78, 5) is 11.3. The van der Waals surface area contributed by atoms with Gasteiger partial charge in [-0.05, 0) is 44.2 Å². The Hall–Kier alpha value is -1.75. The van der Waals surface area contributed by atoms with Crippen molar-refractivity contribution in [2.75, 3.05) is 20.3 Å². The van der Waals surface area contributed by atoms with Gasteiger partial charge < -0.3 is 19.9 Å². The van der Waals surface area contributed by atoms with Crippen molar-refractivity contribution in [3.05, 3.63) is 24.3 Å². The molecule has 0 spiro atoms. The smallest absolute Gasteiger partial charge is 0.323 e. The monoisotopic (exact) mass is 281 g/mol. The second-order valence-corrected chi connectivity index (χ2v) is 4.84. The van der Waals surface area contributed by atoms with Crippen LogP contribution in [0.2, 0.25) is 0 Å². The number of aliphatic carboxylic acids is 1. The van der Waals surface area contributed by atoms with Gasteiger partial charge in [-0.15, -0.1) is 0 Å². The van der Waals surface area contributed by atoms with E-state index in [0.29, 0.717) is 25.3 Å². The van der Waals surface area contributed by atoms with E-state index in [4.69, 9.17) is 9.47 Å².